The van der Waals surface area contributed by atoms with Gasteiger partial charge in [0.1, 0.15) is 5.52 Å². The zero-order valence-corrected chi connectivity index (χ0v) is 14.3. The van der Waals surface area contributed by atoms with Crippen LogP contribution in [-0.4, -0.2) is 49.4 Å². The molecule has 0 aromatic carbocycles. The molecular formula is C18H24N4O2. The van der Waals surface area contributed by atoms with Crippen LogP contribution in [0, 0.1) is 11.8 Å². The lowest BCUT2D eigenvalue weighted by atomic mass is 9.69. The van der Waals surface area contributed by atoms with Gasteiger partial charge in [0.25, 0.3) is 5.91 Å². The molecule has 2 aliphatic rings. The Morgan fingerprint density at radius 3 is 3.04 bits per heavy atom. The molecule has 0 unspecified atom stereocenters. The van der Waals surface area contributed by atoms with Crippen LogP contribution in [0.5, 0.6) is 0 Å². The number of carbonyl (C=O) groups excluding carboxylic acids is 1. The number of likely N-dealkylation sites (tertiary alicyclic amines) is 1. The number of fused-ring (bicyclic) bond motifs is 2. The van der Waals surface area contributed by atoms with E-state index in [9.17, 15) is 9.90 Å². The van der Waals surface area contributed by atoms with Crippen molar-refractivity contribution in [2.75, 3.05) is 13.1 Å². The molecule has 1 aliphatic heterocycles. The van der Waals surface area contributed by atoms with Gasteiger partial charge in [-0.25, -0.2) is 0 Å². The van der Waals surface area contributed by atoms with Gasteiger partial charge in [-0.2, -0.15) is 5.10 Å². The van der Waals surface area contributed by atoms with Gasteiger partial charge >= 0.3 is 0 Å². The van der Waals surface area contributed by atoms with Crippen molar-refractivity contribution in [2.45, 2.75) is 38.2 Å². The fraction of sp³-hybridized carbons (Fsp3) is 0.611. The molecule has 1 saturated carbocycles. The fourth-order valence-corrected chi connectivity index (χ4v) is 4.56. The third kappa shape index (κ3) is 2.32. The lowest BCUT2D eigenvalue weighted by Gasteiger charge is -2.40. The van der Waals surface area contributed by atoms with Crippen LogP contribution < -0.4 is 0 Å². The second kappa shape index (κ2) is 5.55. The van der Waals surface area contributed by atoms with E-state index < -0.39 is 5.60 Å². The fourth-order valence-electron chi connectivity index (χ4n) is 4.56. The molecular weight excluding hydrogens is 304 g/mol. The highest BCUT2D eigenvalue weighted by Crippen LogP contribution is 2.44. The molecule has 3 atom stereocenters. The first-order valence-corrected chi connectivity index (χ1v) is 8.81. The number of amides is 1. The number of nitrogens with zero attached hydrogens (tertiary/aromatic N) is 4. The second-order valence-electron chi connectivity index (χ2n) is 7.32. The SMILES string of the molecule is CC[C@]1(O)CCC[C@H]2CN(C(=O)c3cnc4cnn(C)c4c3)C[C@H]21. The van der Waals surface area contributed by atoms with Gasteiger partial charge in [-0.05, 0) is 31.2 Å². The van der Waals surface area contributed by atoms with E-state index in [1.165, 1.54) is 0 Å². The minimum Gasteiger partial charge on any atom is -0.390 e. The molecule has 24 heavy (non-hydrogen) atoms. The number of aryl methyl sites for hydroxylation is 1. The minimum atomic E-state index is -0.609. The highest BCUT2D eigenvalue weighted by molar-refractivity contribution is 5.96. The minimum absolute atomic E-state index is 0.0125. The first-order valence-electron chi connectivity index (χ1n) is 8.81. The molecule has 4 rings (SSSR count). The topological polar surface area (TPSA) is 71.2 Å². The van der Waals surface area contributed by atoms with E-state index in [-0.39, 0.29) is 11.8 Å². The molecule has 1 aliphatic carbocycles. The Hall–Kier alpha value is -1.95. The maximum atomic E-state index is 12.9. The van der Waals surface area contributed by atoms with Gasteiger partial charge in [-0.3, -0.25) is 14.5 Å². The molecule has 3 heterocycles. The lowest BCUT2D eigenvalue weighted by molar-refractivity contribution is -0.0609. The normalized spacial score (nSPS) is 29.9. The first-order chi connectivity index (χ1) is 11.5. The molecule has 2 fully saturated rings. The monoisotopic (exact) mass is 328 g/mol. The van der Waals surface area contributed by atoms with E-state index in [2.05, 4.69) is 10.1 Å². The summed E-state index contributed by atoms with van der Waals surface area (Å²) in [6.45, 7) is 3.44. The van der Waals surface area contributed by atoms with Crippen molar-refractivity contribution in [3.8, 4) is 0 Å². The van der Waals surface area contributed by atoms with E-state index in [4.69, 9.17) is 0 Å². The van der Waals surface area contributed by atoms with Gasteiger partial charge in [0.05, 0.1) is 22.9 Å². The predicted molar refractivity (Wildman–Crippen MR) is 90.5 cm³/mol. The summed E-state index contributed by atoms with van der Waals surface area (Å²) in [6, 6.07) is 1.87. The number of hydrogen-bond donors (Lipinski definition) is 1. The van der Waals surface area contributed by atoms with Gasteiger partial charge in [0, 0.05) is 32.3 Å². The van der Waals surface area contributed by atoms with Crippen molar-refractivity contribution >= 4 is 16.9 Å². The summed E-state index contributed by atoms with van der Waals surface area (Å²) >= 11 is 0. The summed E-state index contributed by atoms with van der Waals surface area (Å²) in [4.78, 5) is 19.2. The molecule has 0 radical (unpaired) electrons. The zero-order valence-electron chi connectivity index (χ0n) is 14.3. The molecule has 1 saturated heterocycles. The molecule has 1 N–H and O–H groups in total. The Morgan fingerprint density at radius 2 is 2.25 bits per heavy atom. The van der Waals surface area contributed by atoms with E-state index in [1.807, 2.05) is 24.9 Å². The van der Waals surface area contributed by atoms with E-state index in [0.717, 1.165) is 43.3 Å². The van der Waals surface area contributed by atoms with E-state index in [1.54, 1.807) is 17.1 Å². The maximum Gasteiger partial charge on any atom is 0.255 e. The van der Waals surface area contributed by atoms with Crippen LogP contribution in [0.4, 0.5) is 0 Å². The summed E-state index contributed by atoms with van der Waals surface area (Å²) in [5.41, 5.74) is 1.65. The molecule has 0 bridgehead atoms. The Morgan fingerprint density at radius 1 is 1.42 bits per heavy atom. The van der Waals surface area contributed by atoms with Crippen molar-refractivity contribution in [1.29, 1.82) is 0 Å². The molecule has 6 nitrogen and oxygen atoms in total. The molecule has 2 aromatic rings. The number of pyridine rings is 1. The van der Waals surface area contributed by atoms with E-state index >= 15 is 0 Å². The highest BCUT2D eigenvalue weighted by Gasteiger charge is 2.48. The smallest absolute Gasteiger partial charge is 0.255 e. The van der Waals surface area contributed by atoms with Crippen LogP contribution in [0.15, 0.2) is 18.5 Å². The van der Waals surface area contributed by atoms with Gasteiger partial charge < -0.3 is 10.0 Å². The van der Waals surface area contributed by atoms with Crippen molar-refractivity contribution in [3.63, 3.8) is 0 Å². The average molecular weight is 328 g/mol. The molecule has 2 aromatic heterocycles. The maximum absolute atomic E-state index is 12.9. The number of hydrogen-bond acceptors (Lipinski definition) is 4. The zero-order chi connectivity index (χ0) is 16.9. The van der Waals surface area contributed by atoms with Crippen molar-refractivity contribution in [3.05, 3.63) is 24.0 Å². The molecule has 1 amide bonds. The summed E-state index contributed by atoms with van der Waals surface area (Å²) in [7, 11) is 1.85. The van der Waals surface area contributed by atoms with Crippen LogP contribution in [0.3, 0.4) is 0 Å². The Bertz CT molecular complexity index is 786. The Kier molecular flexibility index (Phi) is 3.60. The van der Waals surface area contributed by atoms with Gasteiger partial charge in [-0.15, -0.1) is 0 Å². The quantitative estimate of drug-likeness (QED) is 0.915. The number of aliphatic hydroxyl groups is 1. The number of rotatable bonds is 2. The van der Waals surface area contributed by atoms with Crippen molar-refractivity contribution < 1.29 is 9.90 Å². The first kappa shape index (κ1) is 15.6. The van der Waals surface area contributed by atoms with Crippen molar-refractivity contribution in [1.82, 2.24) is 19.7 Å². The van der Waals surface area contributed by atoms with Gasteiger partial charge in [-0.1, -0.05) is 13.3 Å². The third-order valence-electron chi connectivity index (χ3n) is 6.06. The molecule has 6 heteroatoms. The van der Waals surface area contributed by atoms with Gasteiger partial charge in [0.2, 0.25) is 0 Å². The molecule has 128 valence electrons. The van der Waals surface area contributed by atoms with Gasteiger partial charge in [0.15, 0.2) is 0 Å². The summed E-state index contributed by atoms with van der Waals surface area (Å²) in [6.07, 6.45) is 7.12. The predicted octanol–water partition coefficient (Wildman–Crippen LogP) is 1.98. The average Bonchev–Trinajstić information content (AvgIpc) is 3.19. The van der Waals surface area contributed by atoms with E-state index in [0.29, 0.717) is 18.0 Å². The largest absolute Gasteiger partial charge is 0.390 e. The van der Waals surface area contributed by atoms with Crippen LogP contribution in [0.2, 0.25) is 0 Å². The lowest BCUT2D eigenvalue weighted by Crippen LogP contribution is -2.44. The second-order valence-corrected chi connectivity index (χ2v) is 7.32. The number of aromatic nitrogens is 3. The summed E-state index contributed by atoms with van der Waals surface area (Å²) in [5, 5.41) is 15.1. The standard InChI is InChI=1S/C18H24N4O2/c1-3-18(24)6-4-5-12-10-22(11-14(12)18)17(23)13-7-16-15(19-8-13)9-20-21(16)2/h7-9,12,14,24H,3-6,10-11H2,1-2H3/t12-,14+,18-/m0/s1. The third-order valence-corrected chi connectivity index (χ3v) is 6.06. The highest BCUT2D eigenvalue weighted by atomic mass is 16.3. The van der Waals surface area contributed by atoms with Crippen LogP contribution in [0.25, 0.3) is 11.0 Å². The summed E-state index contributed by atoms with van der Waals surface area (Å²) in [5.74, 6) is 0.632. The van der Waals surface area contributed by atoms with Crippen LogP contribution >= 0.6 is 0 Å². The number of carbonyl (C=O) groups is 1. The van der Waals surface area contributed by atoms with Crippen LogP contribution in [0.1, 0.15) is 43.0 Å². The van der Waals surface area contributed by atoms with Crippen molar-refractivity contribution in [2.24, 2.45) is 18.9 Å². The Labute approximate surface area is 141 Å². The Balaban J connectivity index is 1.59. The molecule has 0 spiro atoms. The summed E-state index contributed by atoms with van der Waals surface area (Å²) < 4.78 is 1.73. The van der Waals surface area contributed by atoms with Crippen LogP contribution in [-0.2, 0) is 7.05 Å².